The number of halogens is 1. The molecule has 0 aliphatic carbocycles. The number of hydrogen-bond acceptors (Lipinski definition) is 6. The zero-order chi connectivity index (χ0) is 28.3. The number of likely N-dealkylation sites (N-methyl/N-ethyl adjacent to an activating group) is 1. The molecule has 4 rings (SSSR count). The van der Waals surface area contributed by atoms with Crippen LogP contribution in [0.15, 0.2) is 64.7 Å². The maximum Gasteiger partial charge on any atom is 0.338 e. The average molecular weight is 559 g/mol. The Kier molecular flexibility index (Phi) is 8.73. The predicted octanol–water partition coefficient (Wildman–Crippen LogP) is 3.43. The Hall–Kier alpha value is -3.28. The number of rotatable bonds is 8. The second-order valence-electron chi connectivity index (χ2n) is 9.74. The summed E-state index contributed by atoms with van der Waals surface area (Å²) in [7, 11) is -3.69. The molecule has 210 valence electrons. The van der Waals surface area contributed by atoms with E-state index in [1.54, 1.807) is 50.2 Å². The summed E-state index contributed by atoms with van der Waals surface area (Å²) in [6.45, 7) is 8.83. The molecular formula is C28H35FN4O5S. The molecule has 1 fully saturated rings. The van der Waals surface area contributed by atoms with Crippen LogP contribution < -0.4 is 5.32 Å². The second-order valence-corrected chi connectivity index (χ2v) is 11.6. The highest BCUT2D eigenvalue weighted by atomic mass is 32.2. The molecule has 11 heteroatoms. The van der Waals surface area contributed by atoms with Crippen LogP contribution in [0.3, 0.4) is 0 Å². The van der Waals surface area contributed by atoms with Gasteiger partial charge in [0.25, 0.3) is 0 Å². The summed E-state index contributed by atoms with van der Waals surface area (Å²) in [6, 6.07) is 11.0. The minimum atomic E-state index is -3.69. The third-order valence-corrected chi connectivity index (χ3v) is 9.15. The molecule has 0 bridgehead atoms. The molecule has 0 radical (unpaired) electrons. The molecule has 0 spiro atoms. The number of urea groups is 1. The Balaban J connectivity index is 1.66. The van der Waals surface area contributed by atoms with Gasteiger partial charge in [-0.15, -0.1) is 0 Å². The van der Waals surface area contributed by atoms with Gasteiger partial charge in [0.15, 0.2) is 0 Å². The molecule has 2 unspecified atom stereocenters. The summed E-state index contributed by atoms with van der Waals surface area (Å²) in [5.74, 6) is -1.18. The molecule has 2 aromatic rings. The van der Waals surface area contributed by atoms with Gasteiger partial charge in [0.2, 0.25) is 10.0 Å². The molecule has 1 N–H and O–H groups in total. The Labute approximate surface area is 229 Å². The van der Waals surface area contributed by atoms with Gasteiger partial charge in [-0.2, -0.15) is 4.31 Å². The van der Waals surface area contributed by atoms with E-state index in [-0.39, 0.29) is 48.3 Å². The van der Waals surface area contributed by atoms with Crippen molar-refractivity contribution in [2.45, 2.75) is 44.7 Å². The van der Waals surface area contributed by atoms with Crippen molar-refractivity contribution in [1.82, 2.24) is 19.4 Å². The maximum atomic E-state index is 14.8. The lowest BCUT2D eigenvalue weighted by Gasteiger charge is -2.42. The van der Waals surface area contributed by atoms with Crippen LogP contribution in [-0.4, -0.2) is 79.9 Å². The largest absolute Gasteiger partial charge is 0.463 e. The normalized spacial score (nSPS) is 21.2. The number of carbonyl (C=O) groups excluding carboxylic acids is 2. The van der Waals surface area contributed by atoms with E-state index in [9.17, 15) is 22.4 Å². The van der Waals surface area contributed by atoms with E-state index in [0.717, 1.165) is 5.56 Å². The van der Waals surface area contributed by atoms with Gasteiger partial charge in [0.05, 0.1) is 23.1 Å². The van der Waals surface area contributed by atoms with Gasteiger partial charge in [-0.05, 0) is 45.9 Å². The third-order valence-electron chi connectivity index (χ3n) is 7.12. The van der Waals surface area contributed by atoms with Crippen molar-refractivity contribution in [2.24, 2.45) is 0 Å². The van der Waals surface area contributed by atoms with Gasteiger partial charge < -0.3 is 10.1 Å². The zero-order valence-corrected chi connectivity index (χ0v) is 23.5. The Bertz CT molecular complexity index is 1360. The first-order valence-corrected chi connectivity index (χ1v) is 14.6. The van der Waals surface area contributed by atoms with Crippen LogP contribution in [0.5, 0.6) is 0 Å². The van der Waals surface area contributed by atoms with Gasteiger partial charge in [-0.25, -0.2) is 22.4 Å². The van der Waals surface area contributed by atoms with Crippen LogP contribution >= 0.6 is 0 Å². The number of benzene rings is 2. The molecule has 2 heterocycles. The summed E-state index contributed by atoms with van der Waals surface area (Å²) in [5.41, 5.74) is 1.74. The third kappa shape index (κ3) is 5.85. The van der Waals surface area contributed by atoms with E-state index in [0.29, 0.717) is 18.8 Å². The maximum absolute atomic E-state index is 14.8. The molecule has 9 nitrogen and oxygen atoms in total. The second kappa shape index (κ2) is 11.8. The highest BCUT2D eigenvalue weighted by Crippen LogP contribution is 2.34. The lowest BCUT2D eigenvalue weighted by atomic mass is 9.93. The van der Waals surface area contributed by atoms with E-state index in [1.165, 1.54) is 21.3 Å². The first-order chi connectivity index (χ1) is 18.6. The minimum absolute atomic E-state index is 0.117. The quantitative estimate of drug-likeness (QED) is 0.499. The monoisotopic (exact) mass is 558 g/mol. The van der Waals surface area contributed by atoms with Crippen molar-refractivity contribution in [3.63, 3.8) is 0 Å². The van der Waals surface area contributed by atoms with E-state index >= 15 is 0 Å². The van der Waals surface area contributed by atoms with Crippen molar-refractivity contribution in [1.29, 1.82) is 0 Å². The van der Waals surface area contributed by atoms with Gasteiger partial charge in [0.1, 0.15) is 5.82 Å². The molecule has 2 aromatic carbocycles. The van der Waals surface area contributed by atoms with Gasteiger partial charge in [-0.1, -0.05) is 35.9 Å². The lowest BCUT2D eigenvalue weighted by molar-refractivity contribution is -0.139. The number of aryl methyl sites for hydroxylation is 1. The summed E-state index contributed by atoms with van der Waals surface area (Å²) >= 11 is 0. The number of nitrogens with one attached hydrogen (secondary N) is 1. The van der Waals surface area contributed by atoms with E-state index in [1.807, 2.05) is 18.7 Å². The fourth-order valence-corrected chi connectivity index (χ4v) is 6.79. The Morgan fingerprint density at radius 3 is 2.41 bits per heavy atom. The van der Waals surface area contributed by atoms with E-state index < -0.39 is 33.9 Å². The molecule has 1 saturated heterocycles. The Morgan fingerprint density at radius 1 is 1.10 bits per heavy atom. The molecule has 0 aromatic heterocycles. The summed E-state index contributed by atoms with van der Waals surface area (Å²) < 4.78 is 48.4. The van der Waals surface area contributed by atoms with Crippen LogP contribution in [0.2, 0.25) is 0 Å². The van der Waals surface area contributed by atoms with Crippen LogP contribution in [0, 0.1) is 12.7 Å². The fraction of sp³-hybridized carbons (Fsp3) is 0.429. The molecule has 2 aliphatic rings. The van der Waals surface area contributed by atoms with Gasteiger partial charge in [-0.3, -0.25) is 9.80 Å². The molecule has 0 saturated carbocycles. The highest BCUT2D eigenvalue weighted by molar-refractivity contribution is 7.89. The van der Waals surface area contributed by atoms with E-state index in [4.69, 9.17) is 4.74 Å². The summed E-state index contributed by atoms with van der Waals surface area (Å²) in [6.07, 6.45) is 0. The van der Waals surface area contributed by atoms with Crippen molar-refractivity contribution in [2.75, 3.05) is 39.3 Å². The number of amides is 2. The predicted molar refractivity (Wildman–Crippen MR) is 145 cm³/mol. The number of nitrogens with zero attached hydrogens (tertiary/aromatic N) is 3. The minimum Gasteiger partial charge on any atom is -0.463 e. The molecule has 2 aliphatic heterocycles. The van der Waals surface area contributed by atoms with Crippen molar-refractivity contribution in [3.05, 3.63) is 76.7 Å². The molecule has 2 amide bonds. The van der Waals surface area contributed by atoms with Gasteiger partial charge in [0, 0.05) is 50.0 Å². The first-order valence-electron chi connectivity index (χ1n) is 13.1. The summed E-state index contributed by atoms with van der Waals surface area (Å²) in [5, 5.41) is 2.77. The number of carbonyl (C=O) groups is 2. The number of hydrogen-bond donors (Lipinski definition) is 1. The van der Waals surface area contributed by atoms with Crippen molar-refractivity contribution in [3.8, 4) is 0 Å². The van der Waals surface area contributed by atoms with Crippen molar-refractivity contribution >= 4 is 22.0 Å². The topological polar surface area (TPSA) is 99.3 Å². The highest BCUT2D eigenvalue weighted by Gasteiger charge is 2.40. The molecule has 2 atom stereocenters. The van der Waals surface area contributed by atoms with E-state index in [2.05, 4.69) is 5.32 Å². The number of esters is 1. The number of piperazine rings is 1. The molecular weight excluding hydrogens is 523 g/mol. The molecule has 39 heavy (non-hydrogen) atoms. The number of sulfonamides is 1. The van der Waals surface area contributed by atoms with Crippen LogP contribution in [0.25, 0.3) is 0 Å². The van der Waals surface area contributed by atoms with Crippen molar-refractivity contribution < 1.29 is 27.1 Å². The Morgan fingerprint density at radius 2 is 1.79 bits per heavy atom. The van der Waals surface area contributed by atoms with Crippen LogP contribution in [-0.2, 0) is 19.6 Å². The fourth-order valence-electron chi connectivity index (χ4n) is 5.17. The van der Waals surface area contributed by atoms with Crippen LogP contribution in [0.1, 0.15) is 37.9 Å². The standard InChI is InChI=1S/C28H35FN4O5S/c1-5-32-24(25(27(34)38-6-2)26(30-28(32)35)22-9-7-8-10-23(22)29)18-31-15-16-33(20(4)17-31)39(36,37)21-13-11-19(3)12-14-21/h7-14,20,26H,5-6,15-18H2,1-4H3,(H,30,35). The lowest BCUT2D eigenvalue weighted by Crippen LogP contribution is -2.56. The zero-order valence-electron chi connectivity index (χ0n) is 22.7. The SMILES string of the molecule is CCOC(=O)C1=C(CN2CCN(S(=O)(=O)c3ccc(C)cc3)C(C)C2)N(CC)C(=O)NC1c1ccccc1F. The smallest absolute Gasteiger partial charge is 0.338 e. The van der Waals surface area contributed by atoms with Crippen LogP contribution in [0.4, 0.5) is 9.18 Å². The number of ether oxygens (including phenoxy) is 1. The first kappa shape index (κ1) is 28.7. The average Bonchev–Trinajstić information content (AvgIpc) is 2.89. The van der Waals surface area contributed by atoms with Gasteiger partial charge >= 0.3 is 12.0 Å². The summed E-state index contributed by atoms with van der Waals surface area (Å²) in [4.78, 5) is 30.1.